The Bertz CT molecular complexity index is 940. The van der Waals surface area contributed by atoms with E-state index < -0.39 is 12.8 Å². The molecule has 146 valence electrons. The molecule has 3 rings (SSSR count). The van der Waals surface area contributed by atoms with E-state index in [1.54, 1.807) is 0 Å². The van der Waals surface area contributed by atoms with Crippen LogP contribution in [0.5, 0.6) is 0 Å². The van der Waals surface area contributed by atoms with Crippen molar-refractivity contribution in [3.05, 3.63) is 75.3 Å². The van der Waals surface area contributed by atoms with Crippen LogP contribution in [0.15, 0.2) is 36.4 Å². The molecule has 0 saturated carbocycles. The Labute approximate surface area is 182 Å². The maximum atomic E-state index is 6.75. The zero-order valence-electron chi connectivity index (χ0n) is 17.7. The van der Waals surface area contributed by atoms with Crippen molar-refractivity contribution in [3.8, 4) is 22.3 Å². The second-order valence-electron chi connectivity index (χ2n) is 7.99. The van der Waals surface area contributed by atoms with Gasteiger partial charge in [0.05, 0.1) is 0 Å². The van der Waals surface area contributed by atoms with Crippen molar-refractivity contribution in [2.75, 3.05) is 0 Å². The zero-order chi connectivity index (χ0) is 20.7. The van der Waals surface area contributed by atoms with Gasteiger partial charge in [0.25, 0.3) is 0 Å². The van der Waals surface area contributed by atoms with Crippen LogP contribution in [0.2, 0.25) is 0 Å². The van der Waals surface area contributed by atoms with Crippen LogP contribution in [-0.4, -0.2) is 12.8 Å². The molecule has 0 bridgehead atoms. The Morgan fingerprint density at radius 3 is 1.07 bits per heavy atom. The van der Waals surface area contributed by atoms with Gasteiger partial charge < -0.3 is 0 Å². The molecule has 0 spiro atoms. The van der Waals surface area contributed by atoms with Crippen LogP contribution in [0.4, 0.5) is 0 Å². The van der Waals surface area contributed by atoms with Crippen molar-refractivity contribution in [1.29, 1.82) is 0 Å². The van der Waals surface area contributed by atoms with E-state index >= 15 is 0 Å². The predicted molar refractivity (Wildman–Crippen MR) is 128 cm³/mol. The Morgan fingerprint density at radius 2 is 0.786 bits per heavy atom. The number of benzene rings is 3. The van der Waals surface area contributed by atoms with Gasteiger partial charge in [-0.25, -0.2) is 0 Å². The summed E-state index contributed by atoms with van der Waals surface area (Å²) in [7, 11) is 13.5. The molecule has 3 heteroatoms. The molecule has 0 saturated heterocycles. The van der Waals surface area contributed by atoms with Crippen molar-refractivity contribution in [3.63, 3.8) is 0 Å². The minimum absolute atomic E-state index is 1.14. The van der Waals surface area contributed by atoms with E-state index in [1.165, 1.54) is 61.2 Å². The van der Waals surface area contributed by atoms with Crippen molar-refractivity contribution in [2.24, 2.45) is 0 Å². The Balaban J connectivity index is 2.44. The average Bonchev–Trinajstić information content (AvgIpc) is 2.52. The molecule has 0 aliphatic rings. The SMILES string of the molecule is Cc1cc(C)c(-c2cc(C)cc(-c3c(C)cc(C)cc3C)c2[As](Cl)Cl)c(C)c1. The number of rotatable bonds is 3. The van der Waals surface area contributed by atoms with Crippen LogP contribution in [0.1, 0.15) is 38.9 Å². The summed E-state index contributed by atoms with van der Waals surface area (Å²) < 4.78 is 1.14. The summed E-state index contributed by atoms with van der Waals surface area (Å²) in [5.41, 5.74) is 13.8. The summed E-state index contributed by atoms with van der Waals surface area (Å²) in [5, 5.41) is 0. The van der Waals surface area contributed by atoms with Crippen LogP contribution in [0, 0.1) is 48.5 Å². The van der Waals surface area contributed by atoms with Crippen LogP contribution in [0.25, 0.3) is 22.3 Å². The van der Waals surface area contributed by atoms with Crippen LogP contribution < -0.4 is 4.35 Å². The van der Waals surface area contributed by atoms with Crippen molar-refractivity contribution < 1.29 is 0 Å². The molecule has 0 aliphatic heterocycles. The Kier molecular flexibility index (Phi) is 6.35. The van der Waals surface area contributed by atoms with Gasteiger partial charge in [0, 0.05) is 0 Å². The predicted octanol–water partition coefficient (Wildman–Crippen LogP) is 7.35. The molecule has 0 unspecified atom stereocenters. The molecule has 3 aromatic carbocycles. The molecule has 28 heavy (non-hydrogen) atoms. The van der Waals surface area contributed by atoms with Crippen LogP contribution >= 0.6 is 19.9 Å². The van der Waals surface area contributed by atoms with E-state index in [2.05, 4.69) is 84.9 Å². The van der Waals surface area contributed by atoms with Gasteiger partial charge in [-0.3, -0.25) is 0 Å². The Morgan fingerprint density at radius 1 is 0.500 bits per heavy atom. The monoisotopic (exact) mass is 472 g/mol. The second kappa shape index (κ2) is 8.27. The van der Waals surface area contributed by atoms with E-state index in [0.717, 1.165) is 4.35 Å². The average molecular weight is 473 g/mol. The summed E-state index contributed by atoms with van der Waals surface area (Å²) in [6.07, 6.45) is 0. The minimum atomic E-state index is -2.21. The molecular formula is C25H27AsCl2. The van der Waals surface area contributed by atoms with Crippen LogP contribution in [0.3, 0.4) is 0 Å². The van der Waals surface area contributed by atoms with E-state index in [-0.39, 0.29) is 0 Å². The van der Waals surface area contributed by atoms with Gasteiger partial charge >= 0.3 is 183 Å². The first kappa shape index (κ1) is 21.5. The first-order valence-electron chi connectivity index (χ1n) is 9.53. The molecule has 0 atom stereocenters. The fourth-order valence-electron chi connectivity index (χ4n) is 4.55. The molecule has 3 aromatic rings. The fourth-order valence-corrected chi connectivity index (χ4v) is 7.95. The quantitative estimate of drug-likeness (QED) is 0.349. The molecule has 0 amide bonds. The molecule has 0 aromatic heterocycles. The van der Waals surface area contributed by atoms with Crippen LogP contribution in [-0.2, 0) is 0 Å². The number of aryl methyl sites for hydroxylation is 7. The number of hydrogen-bond donors (Lipinski definition) is 0. The summed E-state index contributed by atoms with van der Waals surface area (Å²) >= 11 is -2.21. The van der Waals surface area contributed by atoms with Gasteiger partial charge in [0.1, 0.15) is 0 Å². The van der Waals surface area contributed by atoms with E-state index in [9.17, 15) is 0 Å². The Hall–Kier alpha value is -1.20. The first-order chi connectivity index (χ1) is 13.1. The summed E-state index contributed by atoms with van der Waals surface area (Å²) in [6.45, 7) is 15.2. The van der Waals surface area contributed by atoms with E-state index in [0.29, 0.717) is 0 Å². The molecular weight excluding hydrogens is 446 g/mol. The van der Waals surface area contributed by atoms with Crippen molar-refractivity contribution >= 4 is 37.0 Å². The maximum absolute atomic E-state index is 6.75. The molecule has 0 nitrogen and oxygen atoms in total. The third kappa shape index (κ3) is 4.06. The van der Waals surface area contributed by atoms with Gasteiger partial charge in [-0.15, -0.1) is 0 Å². The van der Waals surface area contributed by atoms with E-state index in [1.807, 2.05) is 0 Å². The van der Waals surface area contributed by atoms with Gasteiger partial charge in [-0.2, -0.15) is 0 Å². The molecule has 0 aliphatic carbocycles. The molecule has 0 heterocycles. The third-order valence-electron chi connectivity index (χ3n) is 5.32. The third-order valence-corrected chi connectivity index (χ3v) is 8.79. The summed E-state index contributed by atoms with van der Waals surface area (Å²) in [6, 6.07) is 13.5. The summed E-state index contributed by atoms with van der Waals surface area (Å²) in [4.78, 5) is 0. The molecule has 0 radical (unpaired) electrons. The summed E-state index contributed by atoms with van der Waals surface area (Å²) in [5.74, 6) is 0. The zero-order valence-corrected chi connectivity index (χ0v) is 21.1. The topological polar surface area (TPSA) is 0 Å². The molecule has 0 fully saturated rings. The van der Waals surface area contributed by atoms with Gasteiger partial charge in [-0.1, -0.05) is 0 Å². The number of hydrogen-bond acceptors (Lipinski definition) is 0. The normalized spacial score (nSPS) is 11.4. The molecule has 0 N–H and O–H groups in total. The van der Waals surface area contributed by atoms with Gasteiger partial charge in [-0.05, 0) is 0 Å². The fraction of sp³-hybridized carbons (Fsp3) is 0.280. The van der Waals surface area contributed by atoms with Gasteiger partial charge in [0.2, 0.25) is 0 Å². The standard InChI is InChI=1S/C25H27AsCl2/c1-14-8-17(4)23(18(5)9-14)21-12-16(3)13-22(25(21)26(27)28)24-19(6)10-15(2)11-20(24)7/h8-13H,1-7H3. The second-order valence-corrected chi connectivity index (χ2v) is 14.3. The van der Waals surface area contributed by atoms with Crippen molar-refractivity contribution in [2.45, 2.75) is 48.5 Å². The number of halogens is 2. The van der Waals surface area contributed by atoms with E-state index in [4.69, 9.17) is 19.9 Å². The first-order valence-corrected chi connectivity index (χ1v) is 15.4. The van der Waals surface area contributed by atoms with Crippen molar-refractivity contribution in [1.82, 2.24) is 0 Å². The van der Waals surface area contributed by atoms with Gasteiger partial charge in [0.15, 0.2) is 0 Å².